The van der Waals surface area contributed by atoms with E-state index in [1.54, 1.807) is 0 Å². The van der Waals surface area contributed by atoms with Gasteiger partial charge in [0.1, 0.15) is 6.29 Å². The standard InChI is InChI=1S/C14H30ClNOSi.C5H10O/c1-12(13-7-9-16(15)10-8-13)11-17-18(5,6)14(2,3)4;1-2-3-4-5-6/h12-13H,7-11H2,1-6H3;5H,2-4H2,1H3. The summed E-state index contributed by atoms with van der Waals surface area (Å²) in [6.45, 7) is 19.0. The quantitative estimate of drug-likeness (QED) is 0.240. The van der Waals surface area contributed by atoms with Gasteiger partial charge in [-0.15, -0.1) is 0 Å². The van der Waals surface area contributed by atoms with Crippen molar-refractivity contribution >= 4 is 26.4 Å². The number of carbonyl (C=O) groups excluding carboxylic acids is 1. The number of rotatable bonds is 7. The highest BCUT2D eigenvalue weighted by Gasteiger charge is 2.37. The van der Waals surface area contributed by atoms with Crippen LogP contribution >= 0.6 is 11.8 Å². The second-order valence-corrected chi connectivity index (χ2v) is 13.9. The third kappa shape index (κ3) is 9.55. The van der Waals surface area contributed by atoms with Gasteiger partial charge in [-0.05, 0) is 61.0 Å². The monoisotopic (exact) mass is 377 g/mol. The van der Waals surface area contributed by atoms with Gasteiger partial charge in [0.05, 0.1) is 0 Å². The number of hydrogen-bond acceptors (Lipinski definition) is 3. The van der Waals surface area contributed by atoms with E-state index < -0.39 is 8.32 Å². The molecule has 0 radical (unpaired) electrons. The average Bonchev–Trinajstić information content (AvgIpc) is 2.51. The number of carbonyl (C=O) groups is 1. The van der Waals surface area contributed by atoms with Gasteiger partial charge in [0.2, 0.25) is 0 Å². The smallest absolute Gasteiger partial charge is 0.191 e. The van der Waals surface area contributed by atoms with Crippen LogP contribution < -0.4 is 0 Å². The summed E-state index contributed by atoms with van der Waals surface area (Å²) >= 11 is 6.01. The molecule has 1 atom stereocenters. The molecule has 0 aliphatic carbocycles. The molecule has 24 heavy (non-hydrogen) atoms. The van der Waals surface area contributed by atoms with Gasteiger partial charge >= 0.3 is 0 Å². The predicted octanol–water partition coefficient (Wildman–Crippen LogP) is 5.89. The fraction of sp³-hybridized carbons (Fsp3) is 0.947. The maximum atomic E-state index is 9.56. The molecule has 5 heteroatoms. The van der Waals surface area contributed by atoms with Crippen LogP contribution in [-0.2, 0) is 9.22 Å². The van der Waals surface area contributed by atoms with Crippen molar-refractivity contribution in [3.05, 3.63) is 0 Å². The highest BCUT2D eigenvalue weighted by atomic mass is 35.5. The van der Waals surface area contributed by atoms with E-state index in [9.17, 15) is 4.79 Å². The lowest BCUT2D eigenvalue weighted by Crippen LogP contribution is -2.42. The SMILES string of the molecule is CC(CO[Si](C)(C)C(C)(C)C)C1CCN(Cl)CC1.CCCCC=O. The summed E-state index contributed by atoms with van der Waals surface area (Å²) in [5.41, 5.74) is 0. The first-order chi connectivity index (χ1) is 11.0. The van der Waals surface area contributed by atoms with Gasteiger partial charge in [-0.2, -0.15) is 0 Å². The zero-order chi connectivity index (χ0) is 18.8. The summed E-state index contributed by atoms with van der Waals surface area (Å²) in [6, 6.07) is 0. The van der Waals surface area contributed by atoms with Crippen LogP contribution in [0.5, 0.6) is 0 Å². The molecule has 144 valence electrons. The molecule has 0 spiro atoms. The van der Waals surface area contributed by atoms with E-state index in [1.807, 2.05) is 4.42 Å². The maximum absolute atomic E-state index is 9.56. The van der Waals surface area contributed by atoms with Crippen LogP contribution in [0.25, 0.3) is 0 Å². The first-order valence-corrected chi connectivity index (χ1v) is 12.8. The van der Waals surface area contributed by atoms with Crippen molar-refractivity contribution in [3.8, 4) is 0 Å². The summed E-state index contributed by atoms with van der Waals surface area (Å²) < 4.78 is 8.24. The van der Waals surface area contributed by atoms with Crippen LogP contribution in [0, 0.1) is 11.8 Å². The van der Waals surface area contributed by atoms with Crippen LogP contribution in [-0.4, -0.2) is 38.7 Å². The number of piperidine rings is 1. The second-order valence-electron chi connectivity index (χ2n) is 8.60. The molecule has 0 saturated carbocycles. The molecule has 0 amide bonds. The molecule has 1 aliphatic heterocycles. The topological polar surface area (TPSA) is 29.5 Å². The Morgan fingerprint density at radius 1 is 1.29 bits per heavy atom. The first-order valence-electron chi connectivity index (χ1n) is 9.53. The normalized spacial score (nSPS) is 18.7. The van der Waals surface area contributed by atoms with Crippen LogP contribution in [0.1, 0.15) is 66.7 Å². The molecule has 3 nitrogen and oxygen atoms in total. The van der Waals surface area contributed by atoms with Crippen LogP contribution in [0.4, 0.5) is 0 Å². The van der Waals surface area contributed by atoms with E-state index >= 15 is 0 Å². The fourth-order valence-electron chi connectivity index (χ4n) is 2.42. The molecular weight excluding hydrogens is 338 g/mol. The Morgan fingerprint density at radius 3 is 2.21 bits per heavy atom. The van der Waals surface area contributed by atoms with Crippen molar-refractivity contribution in [2.45, 2.75) is 84.9 Å². The molecule has 1 saturated heterocycles. The Kier molecular flexibility index (Phi) is 11.7. The molecule has 1 aliphatic rings. The predicted molar refractivity (Wildman–Crippen MR) is 108 cm³/mol. The van der Waals surface area contributed by atoms with Crippen LogP contribution in [0.3, 0.4) is 0 Å². The summed E-state index contributed by atoms with van der Waals surface area (Å²) in [5, 5.41) is 0.312. The van der Waals surface area contributed by atoms with E-state index in [-0.39, 0.29) is 0 Å². The summed E-state index contributed by atoms with van der Waals surface area (Å²) in [4.78, 5) is 9.56. The molecule has 0 aromatic heterocycles. The molecular formula is C19H40ClNO2Si. The molecule has 1 unspecified atom stereocenters. The van der Waals surface area contributed by atoms with Gasteiger partial charge in [0.25, 0.3) is 0 Å². The minimum absolute atomic E-state index is 0.312. The number of unbranched alkanes of at least 4 members (excludes halogenated alkanes) is 2. The van der Waals surface area contributed by atoms with E-state index in [0.29, 0.717) is 11.0 Å². The molecule has 0 aromatic rings. The Balaban J connectivity index is 0.000000754. The first kappa shape index (κ1) is 24.1. The van der Waals surface area contributed by atoms with Crippen LogP contribution in [0.2, 0.25) is 18.1 Å². The molecule has 0 bridgehead atoms. The van der Waals surface area contributed by atoms with Gasteiger partial charge in [-0.1, -0.05) is 41.0 Å². The highest BCUT2D eigenvalue weighted by Crippen LogP contribution is 2.37. The number of aldehydes is 1. The Labute approximate surface area is 156 Å². The zero-order valence-electron chi connectivity index (χ0n) is 17.0. The minimum Gasteiger partial charge on any atom is -0.417 e. The van der Waals surface area contributed by atoms with E-state index in [4.69, 9.17) is 16.2 Å². The highest BCUT2D eigenvalue weighted by molar-refractivity contribution is 6.74. The Bertz CT molecular complexity index is 337. The molecule has 0 aromatic carbocycles. The van der Waals surface area contributed by atoms with Crippen LogP contribution in [0.15, 0.2) is 0 Å². The second kappa shape index (κ2) is 11.7. The van der Waals surface area contributed by atoms with Gasteiger partial charge in [-0.25, -0.2) is 4.42 Å². The molecule has 0 N–H and O–H groups in total. The van der Waals surface area contributed by atoms with Crippen molar-refractivity contribution < 1.29 is 9.22 Å². The van der Waals surface area contributed by atoms with E-state index in [2.05, 4.69) is 47.7 Å². The number of hydrogen-bond donors (Lipinski definition) is 0. The molecule has 1 heterocycles. The lowest BCUT2D eigenvalue weighted by molar-refractivity contribution is -0.107. The number of halogens is 1. The number of nitrogens with zero attached hydrogens (tertiary/aromatic N) is 1. The van der Waals surface area contributed by atoms with Gasteiger partial charge in [0, 0.05) is 26.1 Å². The van der Waals surface area contributed by atoms with Gasteiger partial charge in [0.15, 0.2) is 8.32 Å². The molecule has 1 fully saturated rings. The average molecular weight is 378 g/mol. The molecule has 1 rings (SSSR count). The Morgan fingerprint density at radius 2 is 1.83 bits per heavy atom. The third-order valence-corrected chi connectivity index (χ3v) is 10.3. The van der Waals surface area contributed by atoms with Crippen molar-refractivity contribution in [2.75, 3.05) is 19.7 Å². The van der Waals surface area contributed by atoms with Gasteiger partial charge in [-0.3, -0.25) is 0 Å². The Hall–Kier alpha value is 0.0969. The van der Waals surface area contributed by atoms with E-state index in [0.717, 1.165) is 51.2 Å². The van der Waals surface area contributed by atoms with Crippen molar-refractivity contribution in [1.82, 2.24) is 4.42 Å². The third-order valence-electron chi connectivity index (χ3n) is 5.48. The lowest BCUT2D eigenvalue weighted by atomic mass is 9.87. The van der Waals surface area contributed by atoms with Gasteiger partial charge < -0.3 is 9.22 Å². The minimum atomic E-state index is -1.58. The summed E-state index contributed by atoms with van der Waals surface area (Å²) in [7, 11) is -1.58. The van der Waals surface area contributed by atoms with Crippen molar-refractivity contribution in [3.63, 3.8) is 0 Å². The largest absolute Gasteiger partial charge is 0.417 e. The lowest BCUT2D eigenvalue weighted by Gasteiger charge is -2.38. The van der Waals surface area contributed by atoms with E-state index in [1.165, 1.54) is 12.8 Å². The van der Waals surface area contributed by atoms with Crippen molar-refractivity contribution in [1.29, 1.82) is 0 Å². The van der Waals surface area contributed by atoms with Crippen molar-refractivity contribution in [2.24, 2.45) is 11.8 Å². The summed E-state index contributed by atoms with van der Waals surface area (Å²) in [5.74, 6) is 1.44. The zero-order valence-corrected chi connectivity index (χ0v) is 18.8. The fourth-order valence-corrected chi connectivity index (χ4v) is 3.72. The maximum Gasteiger partial charge on any atom is 0.191 e. The summed E-state index contributed by atoms with van der Waals surface area (Å²) in [6.07, 6.45) is 6.29.